The van der Waals surface area contributed by atoms with Gasteiger partial charge in [0.15, 0.2) is 0 Å². The first-order valence-electron chi connectivity index (χ1n) is 5.07. The minimum Gasteiger partial charge on any atom is -0.348 e. The second-order valence-corrected chi connectivity index (χ2v) is 4.09. The van der Waals surface area contributed by atoms with E-state index in [9.17, 15) is 4.79 Å². The van der Waals surface area contributed by atoms with Gasteiger partial charge in [-0.2, -0.15) is 0 Å². The van der Waals surface area contributed by atoms with Crippen molar-refractivity contribution in [1.82, 2.24) is 5.32 Å². The molecule has 0 aliphatic heterocycles. The van der Waals surface area contributed by atoms with E-state index < -0.39 is 5.54 Å². The van der Waals surface area contributed by atoms with Crippen LogP contribution in [0.25, 0.3) is 0 Å². The van der Waals surface area contributed by atoms with Gasteiger partial charge in [-0.15, -0.1) is 23.2 Å². The summed E-state index contributed by atoms with van der Waals surface area (Å²) in [6, 6.07) is 0. The lowest BCUT2D eigenvalue weighted by atomic mass is 10.0. The first-order chi connectivity index (χ1) is 6.64. The Morgan fingerprint density at radius 3 is 2.21 bits per heavy atom. The molecule has 0 spiro atoms. The number of halogens is 2. The van der Waals surface area contributed by atoms with Crippen molar-refractivity contribution in [2.75, 3.05) is 11.8 Å². The van der Waals surface area contributed by atoms with Crippen LogP contribution in [0.2, 0.25) is 0 Å². The summed E-state index contributed by atoms with van der Waals surface area (Å²) in [6.07, 6.45) is 3.26. The molecule has 1 N–H and O–H groups in total. The maximum atomic E-state index is 11.5. The molecule has 0 aromatic carbocycles. The van der Waals surface area contributed by atoms with Gasteiger partial charge in [-0.05, 0) is 12.8 Å². The molecule has 14 heavy (non-hydrogen) atoms. The van der Waals surface area contributed by atoms with Crippen molar-refractivity contribution in [3.05, 3.63) is 0 Å². The van der Waals surface area contributed by atoms with Gasteiger partial charge in [-0.25, -0.2) is 0 Å². The van der Waals surface area contributed by atoms with E-state index >= 15 is 0 Å². The summed E-state index contributed by atoms with van der Waals surface area (Å²) in [5.41, 5.74) is -0.423. The van der Waals surface area contributed by atoms with Crippen molar-refractivity contribution >= 4 is 29.1 Å². The number of carbonyl (C=O) groups is 1. The average molecular weight is 240 g/mol. The molecule has 0 bridgehead atoms. The van der Waals surface area contributed by atoms with E-state index in [1.54, 1.807) is 0 Å². The van der Waals surface area contributed by atoms with Gasteiger partial charge in [0.25, 0.3) is 0 Å². The van der Waals surface area contributed by atoms with Gasteiger partial charge in [0.05, 0.1) is 5.54 Å². The predicted molar refractivity (Wildman–Crippen MR) is 62.1 cm³/mol. The van der Waals surface area contributed by atoms with Crippen LogP contribution in [0.15, 0.2) is 0 Å². The fourth-order valence-corrected chi connectivity index (χ4v) is 1.87. The molecular weight excluding hydrogens is 221 g/mol. The Kier molecular flexibility index (Phi) is 7.38. The molecule has 0 aromatic heterocycles. The molecule has 0 rings (SSSR count). The Morgan fingerprint density at radius 2 is 1.86 bits per heavy atom. The molecular formula is C10H19Cl2NO. The molecule has 84 valence electrons. The lowest BCUT2D eigenvalue weighted by molar-refractivity contribution is -0.122. The van der Waals surface area contributed by atoms with Crippen molar-refractivity contribution in [2.24, 2.45) is 0 Å². The number of amides is 1. The molecule has 0 fully saturated rings. The zero-order chi connectivity index (χ0) is 11.0. The largest absolute Gasteiger partial charge is 0.348 e. The van der Waals surface area contributed by atoms with E-state index in [1.165, 1.54) is 0 Å². The van der Waals surface area contributed by atoms with Gasteiger partial charge in [0.1, 0.15) is 0 Å². The highest BCUT2D eigenvalue weighted by Crippen LogP contribution is 2.15. The minimum absolute atomic E-state index is 0.0509. The van der Waals surface area contributed by atoms with Gasteiger partial charge in [0.2, 0.25) is 5.91 Å². The molecule has 0 aliphatic carbocycles. The molecule has 0 heterocycles. The van der Waals surface area contributed by atoms with Gasteiger partial charge in [0, 0.05) is 18.2 Å². The molecule has 4 heteroatoms. The topological polar surface area (TPSA) is 29.1 Å². The molecule has 0 unspecified atom stereocenters. The Hall–Kier alpha value is 0.0500. The van der Waals surface area contributed by atoms with Gasteiger partial charge in [-0.3, -0.25) is 4.79 Å². The normalized spacial score (nSPS) is 11.4. The molecule has 0 aromatic rings. The molecule has 0 atom stereocenters. The van der Waals surface area contributed by atoms with E-state index in [0.29, 0.717) is 18.2 Å². The van der Waals surface area contributed by atoms with E-state index in [0.717, 1.165) is 19.3 Å². The summed E-state index contributed by atoms with van der Waals surface area (Å²) in [6.45, 7) is 4.04. The number of alkyl halides is 2. The van der Waals surface area contributed by atoms with Gasteiger partial charge in [-0.1, -0.05) is 20.3 Å². The first kappa shape index (κ1) is 14.1. The number of carbonyl (C=O) groups excluding carboxylic acids is 1. The zero-order valence-electron chi connectivity index (χ0n) is 8.91. The van der Waals surface area contributed by atoms with Crippen LogP contribution in [0.5, 0.6) is 0 Å². The predicted octanol–water partition coefficient (Wildman–Crippen LogP) is 2.92. The zero-order valence-corrected chi connectivity index (χ0v) is 10.4. The van der Waals surface area contributed by atoms with E-state index in [1.807, 2.05) is 6.92 Å². The smallest absolute Gasteiger partial charge is 0.220 e. The van der Waals surface area contributed by atoms with E-state index in [-0.39, 0.29) is 5.91 Å². The van der Waals surface area contributed by atoms with Crippen molar-refractivity contribution < 1.29 is 4.79 Å². The fourth-order valence-electron chi connectivity index (χ4n) is 1.08. The van der Waals surface area contributed by atoms with Crippen molar-refractivity contribution in [2.45, 2.75) is 45.1 Å². The van der Waals surface area contributed by atoms with Crippen LogP contribution < -0.4 is 5.32 Å². The summed E-state index contributed by atoms with van der Waals surface area (Å²) in [4.78, 5) is 11.5. The van der Waals surface area contributed by atoms with Gasteiger partial charge >= 0.3 is 0 Å². The molecule has 0 radical (unpaired) electrons. The third-order valence-corrected chi connectivity index (χ3v) is 3.37. The Morgan fingerprint density at radius 1 is 1.29 bits per heavy atom. The number of hydrogen-bond donors (Lipinski definition) is 1. The highest BCUT2D eigenvalue weighted by Gasteiger charge is 2.27. The quantitative estimate of drug-likeness (QED) is 0.681. The van der Waals surface area contributed by atoms with Crippen LogP contribution in [0, 0.1) is 0 Å². The number of hydrogen-bond acceptors (Lipinski definition) is 1. The number of nitrogens with one attached hydrogen (secondary N) is 1. The molecule has 0 saturated carbocycles. The van der Waals surface area contributed by atoms with Crippen LogP contribution in [0.3, 0.4) is 0 Å². The third kappa shape index (κ3) is 4.52. The maximum absolute atomic E-state index is 11.5. The average Bonchev–Trinajstić information content (AvgIpc) is 2.23. The second kappa shape index (κ2) is 7.36. The summed E-state index contributed by atoms with van der Waals surface area (Å²) in [5.74, 6) is 0.783. The third-order valence-electron chi connectivity index (χ3n) is 2.35. The standard InChI is InChI=1S/C10H19Cl2NO/c1-3-5-6-9(14)13-10(4-2,7-11)8-12/h3-8H2,1-2H3,(H,13,14). The molecule has 0 aliphatic rings. The van der Waals surface area contributed by atoms with Crippen molar-refractivity contribution in [3.8, 4) is 0 Å². The number of rotatable bonds is 7. The van der Waals surface area contributed by atoms with Crippen LogP contribution in [-0.4, -0.2) is 23.2 Å². The van der Waals surface area contributed by atoms with Gasteiger partial charge < -0.3 is 5.32 Å². The molecule has 1 amide bonds. The first-order valence-corrected chi connectivity index (χ1v) is 6.14. The SMILES string of the molecule is CCCCC(=O)NC(CC)(CCl)CCl. The lowest BCUT2D eigenvalue weighted by Gasteiger charge is -2.29. The Bertz CT molecular complexity index is 161. The second-order valence-electron chi connectivity index (χ2n) is 3.55. The van der Waals surface area contributed by atoms with Crippen molar-refractivity contribution in [3.63, 3.8) is 0 Å². The number of unbranched alkanes of at least 4 members (excludes halogenated alkanes) is 1. The van der Waals surface area contributed by atoms with E-state index in [4.69, 9.17) is 23.2 Å². The van der Waals surface area contributed by atoms with Crippen LogP contribution in [0.4, 0.5) is 0 Å². The highest BCUT2D eigenvalue weighted by molar-refractivity contribution is 6.22. The monoisotopic (exact) mass is 239 g/mol. The molecule has 0 saturated heterocycles. The van der Waals surface area contributed by atoms with E-state index in [2.05, 4.69) is 12.2 Å². The summed E-state index contributed by atoms with van der Waals surface area (Å²) >= 11 is 11.6. The van der Waals surface area contributed by atoms with Crippen LogP contribution >= 0.6 is 23.2 Å². The summed E-state index contributed by atoms with van der Waals surface area (Å²) in [5, 5.41) is 2.91. The summed E-state index contributed by atoms with van der Waals surface area (Å²) < 4.78 is 0. The fraction of sp³-hybridized carbons (Fsp3) is 0.900. The maximum Gasteiger partial charge on any atom is 0.220 e. The summed E-state index contributed by atoms with van der Waals surface area (Å²) in [7, 11) is 0. The highest BCUT2D eigenvalue weighted by atomic mass is 35.5. The van der Waals surface area contributed by atoms with Crippen molar-refractivity contribution in [1.29, 1.82) is 0 Å². The Labute approximate surface area is 96.3 Å². The molecule has 2 nitrogen and oxygen atoms in total. The Balaban J connectivity index is 4.08. The minimum atomic E-state index is -0.423. The van der Waals surface area contributed by atoms with Crippen LogP contribution in [-0.2, 0) is 4.79 Å². The van der Waals surface area contributed by atoms with Crippen LogP contribution in [0.1, 0.15) is 39.5 Å². The lowest BCUT2D eigenvalue weighted by Crippen LogP contribution is -2.51.